The molecule has 0 unspecified atom stereocenters. The van der Waals surface area contributed by atoms with Crippen molar-refractivity contribution >= 4 is 38.1 Å². The van der Waals surface area contributed by atoms with Crippen LogP contribution in [0.4, 0.5) is 5.69 Å². The average Bonchev–Trinajstić information content (AvgIpc) is 2.04. The molecule has 0 heterocycles. The van der Waals surface area contributed by atoms with Crippen LogP contribution in [-0.2, 0) is 0 Å². The largest absolute Gasteiger partial charge is 0.424 e. The molecule has 17 heavy (non-hydrogen) atoms. The maximum Gasteiger partial charge on any atom is 0.138 e. The molecule has 0 bridgehead atoms. The van der Waals surface area contributed by atoms with E-state index in [1.54, 1.807) is 0 Å². The van der Waals surface area contributed by atoms with Crippen molar-refractivity contribution in [1.82, 2.24) is 0 Å². The molecule has 0 atom stereocenters. The monoisotopic (exact) mass is 329 g/mol. The zero-order valence-electron chi connectivity index (χ0n) is 12.1. The minimum Gasteiger partial charge on any atom is -0.424 e. The molecular formula is C13H24BrNSi2. The van der Waals surface area contributed by atoms with Crippen LogP contribution >= 0.6 is 15.9 Å². The highest BCUT2D eigenvalue weighted by atomic mass is 79.9. The summed E-state index contributed by atoms with van der Waals surface area (Å²) >= 11 is 3.55. The van der Waals surface area contributed by atoms with E-state index >= 15 is 0 Å². The zero-order chi connectivity index (χ0) is 13.4. The summed E-state index contributed by atoms with van der Waals surface area (Å²) < 4.78 is 3.94. The van der Waals surface area contributed by atoms with Crippen LogP contribution in [-0.4, -0.2) is 16.5 Å². The summed E-state index contributed by atoms with van der Waals surface area (Å²) in [5.74, 6) is 0. The van der Waals surface area contributed by atoms with Gasteiger partial charge in [-0.2, -0.15) is 0 Å². The van der Waals surface area contributed by atoms with Crippen molar-refractivity contribution in [2.75, 3.05) is 4.23 Å². The van der Waals surface area contributed by atoms with Crippen molar-refractivity contribution in [3.8, 4) is 0 Å². The normalized spacial score (nSPS) is 12.7. The van der Waals surface area contributed by atoms with Crippen LogP contribution in [0.25, 0.3) is 0 Å². The van der Waals surface area contributed by atoms with Gasteiger partial charge in [0.15, 0.2) is 0 Å². The van der Waals surface area contributed by atoms with Gasteiger partial charge in [-0.3, -0.25) is 0 Å². The van der Waals surface area contributed by atoms with Gasteiger partial charge < -0.3 is 4.23 Å². The highest BCUT2D eigenvalue weighted by Gasteiger charge is 2.35. The fourth-order valence-corrected chi connectivity index (χ4v) is 13.1. The number of rotatable bonds is 3. The average molecular weight is 330 g/mol. The van der Waals surface area contributed by atoms with Gasteiger partial charge in [-0.1, -0.05) is 55.2 Å². The number of hydrogen-bond acceptors (Lipinski definition) is 1. The van der Waals surface area contributed by atoms with Crippen molar-refractivity contribution in [3.63, 3.8) is 0 Å². The second-order valence-corrected chi connectivity index (χ2v) is 17.5. The lowest BCUT2D eigenvalue weighted by Gasteiger charge is -2.46. The quantitative estimate of drug-likeness (QED) is 0.686. The van der Waals surface area contributed by atoms with Gasteiger partial charge in [0.25, 0.3) is 0 Å². The first kappa shape index (κ1) is 15.0. The van der Waals surface area contributed by atoms with Gasteiger partial charge in [0, 0.05) is 10.2 Å². The molecule has 0 aliphatic rings. The number of benzene rings is 1. The summed E-state index contributed by atoms with van der Waals surface area (Å²) in [6, 6.07) is 6.66. The fourth-order valence-electron chi connectivity index (χ4n) is 2.60. The Morgan fingerprint density at radius 2 is 1.41 bits per heavy atom. The van der Waals surface area contributed by atoms with Crippen molar-refractivity contribution in [3.05, 3.63) is 28.2 Å². The predicted molar refractivity (Wildman–Crippen MR) is 88.1 cm³/mol. The van der Waals surface area contributed by atoms with Crippen LogP contribution in [0.15, 0.2) is 22.7 Å². The van der Waals surface area contributed by atoms with E-state index in [0.717, 1.165) is 0 Å². The Kier molecular flexibility index (Phi) is 4.32. The third-order valence-electron chi connectivity index (χ3n) is 2.74. The van der Waals surface area contributed by atoms with E-state index < -0.39 is 16.5 Å². The number of halogens is 1. The van der Waals surface area contributed by atoms with Crippen molar-refractivity contribution in [1.29, 1.82) is 0 Å². The molecule has 0 fully saturated rings. The molecule has 0 amide bonds. The SMILES string of the molecule is Cc1cc(Br)ccc1N([Si](C)(C)C)[Si](C)(C)C. The summed E-state index contributed by atoms with van der Waals surface area (Å²) in [4.78, 5) is 0. The van der Waals surface area contributed by atoms with Gasteiger partial charge in [-0.25, -0.2) is 0 Å². The highest BCUT2D eigenvalue weighted by molar-refractivity contribution is 9.10. The van der Waals surface area contributed by atoms with E-state index in [-0.39, 0.29) is 0 Å². The molecular weight excluding hydrogens is 306 g/mol. The fraction of sp³-hybridized carbons (Fsp3) is 0.538. The van der Waals surface area contributed by atoms with E-state index in [2.05, 4.69) is 84.6 Å². The van der Waals surface area contributed by atoms with Gasteiger partial charge in [0.1, 0.15) is 16.5 Å². The second-order valence-electron chi connectivity index (χ2n) is 6.61. The molecule has 0 N–H and O–H groups in total. The smallest absolute Gasteiger partial charge is 0.138 e. The molecule has 1 aromatic rings. The maximum atomic E-state index is 3.55. The van der Waals surface area contributed by atoms with Crippen LogP contribution < -0.4 is 4.23 Å². The first-order valence-electron chi connectivity index (χ1n) is 6.10. The first-order valence-corrected chi connectivity index (χ1v) is 13.8. The number of aryl methyl sites for hydroxylation is 1. The molecule has 0 saturated carbocycles. The first-order chi connectivity index (χ1) is 7.53. The molecule has 0 aliphatic heterocycles. The Hall–Kier alpha value is -0.0662. The van der Waals surface area contributed by atoms with Crippen LogP contribution in [0.2, 0.25) is 39.3 Å². The number of hydrogen-bond donors (Lipinski definition) is 0. The molecule has 96 valence electrons. The van der Waals surface area contributed by atoms with Crippen molar-refractivity contribution < 1.29 is 0 Å². The molecule has 4 heteroatoms. The van der Waals surface area contributed by atoms with Crippen LogP contribution in [0.1, 0.15) is 5.56 Å². The van der Waals surface area contributed by atoms with E-state index in [1.165, 1.54) is 15.7 Å². The van der Waals surface area contributed by atoms with Gasteiger partial charge in [-0.05, 0) is 30.7 Å². The highest BCUT2D eigenvalue weighted by Crippen LogP contribution is 2.32. The molecule has 1 rings (SSSR count). The second kappa shape index (κ2) is 4.90. The molecule has 0 spiro atoms. The van der Waals surface area contributed by atoms with Crippen molar-refractivity contribution in [2.45, 2.75) is 46.2 Å². The summed E-state index contributed by atoms with van der Waals surface area (Å²) in [7, 11) is -2.66. The summed E-state index contributed by atoms with van der Waals surface area (Å²) in [5, 5.41) is 0. The Bertz CT molecular complexity index is 391. The maximum absolute atomic E-state index is 3.55. The topological polar surface area (TPSA) is 3.24 Å². The number of nitrogens with zero attached hydrogens (tertiary/aromatic N) is 1. The minimum absolute atomic E-state index is 1.17. The van der Waals surface area contributed by atoms with E-state index in [1.807, 2.05) is 0 Å². The van der Waals surface area contributed by atoms with Crippen molar-refractivity contribution in [2.24, 2.45) is 0 Å². The van der Waals surface area contributed by atoms with E-state index in [9.17, 15) is 0 Å². The molecule has 0 radical (unpaired) electrons. The zero-order valence-corrected chi connectivity index (χ0v) is 15.6. The van der Waals surface area contributed by atoms with Crippen LogP contribution in [0, 0.1) is 6.92 Å². The van der Waals surface area contributed by atoms with Gasteiger partial charge >= 0.3 is 0 Å². The van der Waals surface area contributed by atoms with E-state index in [0.29, 0.717) is 0 Å². The Balaban J connectivity index is 3.34. The molecule has 1 aromatic carbocycles. The standard InChI is InChI=1S/C13H24BrNSi2/c1-11-10-12(14)8-9-13(11)15(16(2,3)4)17(5,6)7/h8-10H,1-7H3. The molecule has 0 aliphatic carbocycles. The lowest BCUT2D eigenvalue weighted by atomic mass is 10.2. The summed E-state index contributed by atoms with van der Waals surface area (Å²) in [6.45, 7) is 16.8. The van der Waals surface area contributed by atoms with Gasteiger partial charge in [0.2, 0.25) is 0 Å². The summed E-state index contributed by atoms with van der Waals surface area (Å²) in [5.41, 5.74) is 2.82. The molecule has 0 aromatic heterocycles. The third-order valence-corrected chi connectivity index (χ3v) is 10.4. The van der Waals surface area contributed by atoms with Gasteiger partial charge in [-0.15, -0.1) is 0 Å². The molecule has 1 nitrogen and oxygen atoms in total. The molecule has 0 saturated heterocycles. The number of anilines is 1. The Morgan fingerprint density at radius 1 is 0.941 bits per heavy atom. The van der Waals surface area contributed by atoms with Gasteiger partial charge in [0.05, 0.1) is 0 Å². The van der Waals surface area contributed by atoms with E-state index in [4.69, 9.17) is 0 Å². The van der Waals surface area contributed by atoms with Crippen LogP contribution in [0.5, 0.6) is 0 Å². The van der Waals surface area contributed by atoms with Crippen LogP contribution in [0.3, 0.4) is 0 Å². The predicted octanol–water partition coefficient (Wildman–Crippen LogP) is 5.23. The minimum atomic E-state index is -1.33. The Labute approximate surface area is 117 Å². The lowest BCUT2D eigenvalue weighted by Crippen LogP contribution is -2.59. The Morgan fingerprint density at radius 3 is 1.76 bits per heavy atom. The third kappa shape index (κ3) is 3.70. The lowest BCUT2D eigenvalue weighted by molar-refractivity contribution is 1.30. The summed E-state index contributed by atoms with van der Waals surface area (Å²) in [6.07, 6.45) is 0.